The van der Waals surface area contributed by atoms with E-state index >= 15 is 0 Å². The van der Waals surface area contributed by atoms with Crippen LogP contribution in [0.1, 0.15) is 11.3 Å². The summed E-state index contributed by atoms with van der Waals surface area (Å²) in [5, 5.41) is 10.4. The molecule has 1 aromatic heterocycles. The molecule has 0 spiro atoms. The van der Waals surface area contributed by atoms with Gasteiger partial charge in [-0.2, -0.15) is 0 Å². The van der Waals surface area contributed by atoms with Gasteiger partial charge in [-0.05, 0) is 34.5 Å². The third kappa shape index (κ3) is 1.20. The Hall–Kier alpha value is -0.800. The second kappa shape index (κ2) is 3.41. The molecule has 2 rings (SSSR count). The van der Waals surface area contributed by atoms with Gasteiger partial charge in [-0.1, -0.05) is 12.1 Å². The molecule has 0 aliphatic heterocycles. The molecule has 0 bridgehead atoms. The maximum absolute atomic E-state index is 9.24. The highest BCUT2D eigenvalue weighted by Gasteiger charge is 2.12. The third-order valence-corrected chi connectivity index (χ3v) is 3.49. The molecule has 2 nitrogen and oxygen atoms in total. The van der Waals surface area contributed by atoms with E-state index in [1.165, 1.54) is 10.9 Å². The van der Waals surface area contributed by atoms with Gasteiger partial charge in [0.15, 0.2) is 0 Å². The fourth-order valence-electron chi connectivity index (χ4n) is 1.83. The first-order valence-electron chi connectivity index (χ1n) is 4.50. The zero-order valence-electron chi connectivity index (χ0n) is 8.21. The van der Waals surface area contributed by atoms with Gasteiger partial charge >= 0.3 is 0 Å². The summed E-state index contributed by atoms with van der Waals surface area (Å²) in [5.41, 5.74) is 3.31. The second-order valence-corrected chi connectivity index (χ2v) is 4.24. The smallest absolute Gasteiger partial charge is 0.0844 e. The summed E-state index contributed by atoms with van der Waals surface area (Å²) in [6.07, 6.45) is 0. The van der Waals surface area contributed by atoms with Crippen molar-refractivity contribution in [1.29, 1.82) is 0 Å². The lowest BCUT2D eigenvalue weighted by Crippen LogP contribution is -1.95. The van der Waals surface area contributed by atoms with Crippen LogP contribution < -0.4 is 0 Å². The number of hydrogen-bond donors (Lipinski definition) is 1. The SMILES string of the molecule is Cc1cccc2c1c(Br)c(CO)n2C. The molecule has 1 heterocycles. The van der Waals surface area contributed by atoms with Crippen LogP contribution in [0.15, 0.2) is 22.7 Å². The molecule has 0 radical (unpaired) electrons. The van der Waals surface area contributed by atoms with E-state index in [0.717, 1.165) is 15.7 Å². The average molecular weight is 254 g/mol. The lowest BCUT2D eigenvalue weighted by Gasteiger charge is -2.00. The number of aliphatic hydroxyl groups excluding tert-OH is 1. The van der Waals surface area contributed by atoms with Gasteiger partial charge in [0.05, 0.1) is 12.3 Å². The number of benzene rings is 1. The first kappa shape index (κ1) is 9.74. The summed E-state index contributed by atoms with van der Waals surface area (Å²) in [6, 6.07) is 6.17. The highest BCUT2D eigenvalue weighted by molar-refractivity contribution is 9.10. The van der Waals surface area contributed by atoms with Crippen LogP contribution >= 0.6 is 15.9 Å². The van der Waals surface area contributed by atoms with Crippen molar-refractivity contribution >= 4 is 26.8 Å². The van der Waals surface area contributed by atoms with Crippen molar-refractivity contribution in [3.8, 4) is 0 Å². The number of aryl methyl sites for hydroxylation is 2. The predicted molar refractivity (Wildman–Crippen MR) is 61.3 cm³/mol. The molecule has 0 saturated carbocycles. The molecule has 0 aliphatic carbocycles. The topological polar surface area (TPSA) is 25.2 Å². The number of nitrogens with zero attached hydrogens (tertiary/aromatic N) is 1. The molecule has 0 aliphatic rings. The van der Waals surface area contributed by atoms with Gasteiger partial charge in [0.1, 0.15) is 0 Å². The number of aliphatic hydroxyl groups is 1. The zero-order chi connectivity index (χ0) is 10.3. The summed E-state index contributed by atoms with van der Waals surface area (Å²) in [6.45, 7) is 2.14. The molecule has 0 amide bonds. The van der Waals surface area contributed by atoms with Crippen molar-refractivity contribution in [3.05, 3.63) is 33.9 Å². The molecule has 0 atom stereocenters. The Morgan fingerprint density at radius 1 is 1.43 bits per heavy atom. The summed E-state index contributed by atoms with van der Waals surface area (Å²) >= 11 is 3.53. The van der Waals surface area contributed by atoms with Crippen LogP contribution in [0.2, 0.25) is 0 Å². The van der Waals surface area contributed by atoms with Crippen LogP contribution in [-0.2, 0) is 13.7 Å². The summed E-state index contributed by atoms with van der Waals surface area (Å²) in [7, 11) is 1.97. The Labute approximate surface area is 91.3 Å². The van der Waals surface area contributed by atoms with E-state index in [4.69, 9.17) is 0 Å². The zero-order valence-corrected chi connectivity index (χ0v) is 9.80. The molecular weight excluding hydrogens is 242 g/mol. The number of fused-ring (bicyclic) bond motifs is 1. The van der Waals surface area contributed by atoms with Crippen molar-refractivity contribution < 1.29 is 5.11 Å². The normalized spacial score (nSPS) is 11.1. The van der Waals surface area contributed by atoms with E-state index < -0.39 is 0 Å². The summed E-state index contributed by atoms with van der Waals surface area (Å²) in [4.78, 5) is 0. The van der Waals surface area contributed by atoms with Crippen LogP contribution in [0.3, 0.4) is 0 Å². The largest absolute Gasteiger partial charge is 0.390 e. The first-order valence-corrected chi connectivity index (χ1v) is 5.29. The Morgan fingerprint density at radius 2 is 2.14 bits per heavy atom. The quantitative estimate of drug-likeness (QED) is 0.831. The minimum Gasteiger partial charge on any atom is -0.390 e. The van der Waals surface area contributed by atoms with Crippen LogP contribution in [0.25, 0.3) is 10.9 Å². The third-order valence-electron chi connectivity index (χ3n) is 2.64. The van der Waals surface area contributed by atoms with Crippen LogP contribution in [0.4, 0.5) is 0 Å². The van der Waals surface area contributed by atoms with Crippen molar-refractivity contribution in [1.82, 2.24) is 4.57 Å². The number of halogens is 1. The van der Waals surface area contributed by atoms with E-state index in [0.29, 0.717) is 0 Å². The van der Waals surface area contributed by atoms with Gasteiger partial charge in [0.2, 0.25) is 0 Å². The number of aromatic nitrogens is 1. The Balaban J connectivity index is 2.94. The fourth-order valence-corrected chi connectivity index (χ4v) is 2.74. The Morgan fingerprint density at radius 3 is 2.71 bits per heavy atom. The molecule has 3 heteroatoms. The van der Waals surface area contributed by atoms with Gasteiger partial charge in [0.25, 0.3) is 0 Å². The van der Waals surface area contributed by atoms with Gasteiger partial charge in [0, 0.05) is 22.4 Å². The maximum atomic E-state index is 9.24. The summed E-state index contributed by atoms with van der Waals surface area (Å²) < 4.78 is 3.03. The number of hydrogen-bond acceptors (Lipinski definition) is 1. The summed E-state index contributed by atoms with van der Waals surface area (Å²) in [5.74, 6) is 0. The van der Waals surface area contributed by atoms with E-state index in [-0.39, 0.29) is 6.61 Å². The van der Waals surface area contributed by atoms with Crippen molar-refractivity contribution in [3.63, 3.8) is 0 Å². The second-order valence-electron chi connectivity index (χ2n) is 3.45. The molecule has 14 heavy (non-hydrogen) atoms. The first-order chi connectivity index (χ1) is 6.66. The van der Waals surface area contributed by atoms with Gasteiger partial charge < -0.3 is 9.67 Å². The molecule has 0 saturated heterocycles. The molecule has 1 aromatic carbocycles. The molecule has 2 aromatic rings. The van der Waals surface area contributed by atoms with Crippen LogP contribution in [-0.4, -0.2) is 9.67 Å². The van der Waals surface area contributed by atoms with Crippen molar-refractivity contribution in [2.75, 3.05) is 0 Å². The van der Waals surface area contributed by atoms with Gasteiger partial charge in [-0.15, -0.1) is 0 Å². The van der Waals surface area contributed by atoms with E-state index in [1.807, 2.05) is 17.7 Å². The average Bonchev–Trinajstić information content (AvgIpc) is 2.41. The molecule has 74 valence electrons. The minimum atomic E-state index is 0.0607. The van der Waals surface area contributed by atoms with E-state index in [1.54, 1.807) is 0 Å². The van der Waals surface area contributed by atoms with E-state index in [2.05, 4.69) is 35.0 Å². The highest BCUT2D eigenvalue weighted by atomic mass is 79.9. The monoisotopic (exact) mass is 253 g/mol. The maximum Gasteiger partial charge on any atom is 0.0844 e. The van der Waals surface area contributed by atoms with Crippen LogP contribution in [0.5, 0.6) is 0 Å². The van der Waals surface area contributed by atoms with E-state index in [9.17, 15) is 5.11 Å². The van der Waals surface area contributed by atoms with Gasteiger partial charge in [-0.25, -0.2) is 0 Å². The van der Waals surface area contributed by atoms with Gasteiger partial charge in [-0.3, -0.25) is 0 Å². The lowest BCUT2D eigenvalue weighted by molar-refractivity contribution is 0.272. The standard InChI is InChI=1S/C11H12BrNO/c1-7-4-3-5-8-10(7)11(12)9(6-14)13(8)2/h3-5,14H,6H2,1-2H3. The number of rotatable bonds is 1. The van der Waals surface area contributed by atoms with Crippen molar-refractivity contribution in [2.24, 2.45) is 7.05 Å². The Kier molecular flexibility index (Phi) is 2.37. The van der Waals surface area contributed by atoms with Crippen LogP contribution in [0, 0.1) is 6.92 Å². The fraction of sp³-hybridized carbons (Fsp3) is 0.273. The molecule has 0 fully saturated rings. The molecule has 0 unspecified atom stereocenters. The minimum absolute atomic E-state index is 0.0607. The lowest BCUT2D eigenvalue weighted by atomic mass is 10.1. The Bertz CT molecular complexity index is 487. The van der Waals surface area contributed by atoms with Crippen molar-refractivity contribution in [2.45, 2.75) is 13.5 Å². The molecule has 1 N–H and O–H groups in total. The highest BCUT2D eigenvalue weighted by Crippen LogP contribution is 2.32. The predicted octanol–water partition coefficient (Wildman–Crippen LogP) is 2.74. The molecular formula is C11H12BrNO.